The quantitative estimate of drug-likeness (QED) is 0.789. The summed E-state index contributed by atoms with van der Waals surface area (Å²) in [6, 6.07) is 0. The molecule has 7 heteroatoms. The minimum atomic E-state index is -3.36. The van der Waals surface area contributed by atoms with Crippen LogP contribution in [0.3, 0.4) is 0 Å². The third-order valence-electron chi connectivity index (χ3n) is 5.25. The highest BCUT2D eigenvalue weighted by Crippen LogP contribution is 2.22. The highest BCUT2D eigenvalue weighted by Gasteiger charge is 2.34. The average molecular weight is 333 g/mol. The Bertz CT molecular complexity index is 443. The van der Waals surface area contributed by atoms with Crippen molar-refractivity contribution in [3.63, 3.8) is 0 Å². The third kappa shape index (κ3) is 4.41. The topological polar surface area (TPSA) is 61.9 Å². The van der Waals surface area contributed by atoms with Gasteiger partial charge < -0.3 is 4.74 Å². The number of morpholine rings is 1. The number of nitrogens with zero attached hydrogens (tertiary/aromatic N) is 2. The van der Waals surface area contributed by atoms with Crippen LogP contribution in [0.1, 0.15) is 40.0 Å². The first-order chi connectivity index (χ1) is 10.4. The smallest absolute Gasteiger partial charge is 0.279 e. The largest absolute Gasteiger partial charge is 0.379 e. The van der Waals surface area contributed by atoms with E-state index in [9.17, 15) is 8.42 Å². The van der Waals surface area contributed by atoms with Gasteiger partial charge in [-0.15, -0.1) is 0 Å². The number of nitrogens with one attached hydrogen (secondary N) is 1. The molecule has 2 aliphatic rings. The zero-order chi connectivity index (χ0) is 16.2. The molecule has 0 saturated carbocycles. The molecule has 0 aromatic rings. The molecule has 1 N–H and O–H groups in total. The molecule has 2 heterocycles. The molecule has 22 heavy (non-hydrogen) atoms. The van der Waals surface area contributed by atoms with Crippen molar-refractivity contribution in [3.8, 4) is 0 Å². The van der Waals surface area contributed by atoms with Gasteiger partial charge in [-0.1, -0.05) is 13.8 Å². The van der Waals surface area contributed by atoms with E-state index in [-0.39, 0.29) is 5.54 Å². The highest BCUT2D eigenvalue weighted by molar-refractivity contribution is 7.87. The van der Waals surface area contributed by atoms with E-state index in [4.69, 9.17) is 4.74 Å². The van der Waals surface area contributed by atoms with Gasteiger partial charge in [0.15, 0.2) is 0 Å². The fourth-order valence-corrected chi connectivity index (χ4v) is 4.49. The van der Waals surface area contributed by atoms with Crippen molar-refractivity contribution in [1.29, 1.82) is 0 Å². The lowest BCUT2D eigenvalue weighted by molar-refractivity contribution is -0.0158. The fourth-order valence-electron chi connectivity index (χ4n) is 3.13. The molecule has 2 aliphatic heterocycles. The van der Waals surface area contributed by atoms with Crippen LogP contribution in [0.2, 0.25) is 0 Å². The third-order valence-corrected chi connectivity index (χ3v) is 6.81. The summed E-state index contributed by atoms with van der Waals surface area (Å²) in [7, 11) is -3.36. The summed E-state index contributed by atoms with van der Waals surface area (Å²) >= 11 is 0. The van der Waals surface area contributed by atoms with Gasteiger partial charge in [-0.25, -0.2) is 4.72 Å². The molecule has 2 fully saturated rings. The van der Waals surface area contributed by atoms with Crippen molar-refractivity contribution in [2.75, 3.05) is 45.9 Å². The maximum absolute atomic E-state index is 12.5. The van der Waals surface area contributed by atoms with Gasteiger partial charge in [-0.2, -0.15) is 12.7 Å². The van der Waals surface area contributed by atoms with Crippen LogP contribution in [-0.2, 0) is 14.9 Å². The minimum Gasteiger partial charge on any atom is -0.379 e. The number of ether oxygens (including phenoxy) is 1. The molecule has 0 aromatic heterocycles. The molecule has 1 atom stereocenters. The first-order valence-electron chi connectivity index (χ1n) is 8.45. The molecular weight excluding hydrogens is 302 g/mol. The predicted molar refractivity (Wildman–Crippen MR) is 88.0 cm³/mol. The zero-order valence-corrected chi connectivity index (χ0v) is 15.0. The van der Waals surface area contributed by atoms with Crippen LogP contribution in [-0.4, -0.2) is 69.1 Å². The van der Waals surface area contributed by atoms with Crippen LogP contribution in [0, 0.1) is 5.92 Å². The SMILES string of the molecule is CC[C@@](C)(CNS(=O)(=O)N1CCC(C)CC1)N1CCOCC1. The summed E-state index contributed by atoms with van der Waals surface area (Å²) in [5.41, 5.74) is -0.153. The van der Waals surface area contributed by atoms with Crippen LogP contribution in [0.4, 0.5) is 0 Å². The van der Waals surface area contributed by atoms with Gasteiger partial charge in [0.25, 0.3) is 10.2 Å². The van der Waals surface area contributed by atoms with Gasteiger partial charge in [0.2, 0.25) is 0 Å². The highest BCUT2D eigenvalue weighted by atomic mass is 32.2. The molecule has 2 rings (SSSR count). The second kappa shape index (κ2) is 7.57. The van der Waals surface area contributed by atoms with Crippen molar-refractivity contribution in [2.24, 2.45) is 5.92 Å². The summed E-state index contributed by atoms with van der Waals surface area (Å²) < 4.78 is 34.9. The van der Waals surface area contributed by atoms with E-state index < -0.39 is 10.2 Å². The zero-order valence-electron chi connectivity index (χ0n) is 14.2. The second-order valence-corrected chi connectivity index (χ2v) is 8.61. The molecule has 6 nitrogen and oxygen atoms in total. The Labute approximate surface area is 135 Å². The number of hydrogen-bond donors (Lipinski definition) is 1. The summed E-state index contributed by atoms with van der Waals surface area (Å²) in [4.78, 5) is 2.34. The van der Waals surface area contributed by atoms with Crippen LogP contribution in [0.25, 0.3) is 0 Å². The van der Waals surface area contributed by atoms with Gasteiger partial charge in [0.1, 0.15) is 0 Å². The van der Waals surface area contributed by atoms with Crippen LogP contribution >= 0.6 is 0 Å². The Morgan fingerprint density at radius 3 is 2.32 bits per heavy atom. The number of piperidine rings is 1. The fraction of sp³-hybridized carbons (Fsp3) is 1.00. The molecule has 0 bridgehead atoms. The van der Waals surface area contributed by atoms with E-state index in [0.29, 0.717) is 25.6 Å². The summed E-state index contributed by atoms with van der Waals surface area (Å²) in [6.45, 7) is 11.4. The van der Waals surface area contributed by atoms with Crippen LogP contribution < -0.4 is 4.72 Å². The van der Waals surface area contributed by atoms with Gasteiger partial charge in [0, 0.05) is 38.3 Å². The Morgan fingerprint density at radius 1 is 1.18 bits per heavy atom. The van der Waals surface area contributed by atoms with E-state index in [1.807, 2.05) is 0 Å². The van der Waals surface area contributed by atoms with Gasteiger partial charge in [-0.3, -0.25) is 4.90 Å². The summed E-state index contributed by atoms with van der Waals surface area (Å²) in [5.74, 6) is 0.626. The number of rotatable bonds is 6. The molecular formula is C15H31N3O3S. The molecule has 130 valence electrons. The second-order valence-electron chi connectivity index (χ2n) is 6.86. The van der Waals surface area contributed by atoms with E-state index >= 15 is 0 Å². The van der Waals surface area contributed by atoms with E-state index in [2.05, 4.69) is 30.4 Å². The van der Waals surface area contributed by atoms with Crippen molar-refractivity contribution in [2.45, 2.75) is 45.6 Å². The molecule has 0 amide bonds. The Kier molecular flexibility index (Phi) is 6.24. The van der Waals surface area contributed by atoms with Gasteiger partial charge in [-0.05, 0) is 32.1 Å². The molecule has 2 saturated heterocycles. The summed E-state index contributed by atoms with van der Waals surface area (Å²) in [5, 5.41) is 0. The van der Waals surface area contributed by atoms with E-state index in [1.54, 1.807) is 4.31 Å². The molecule has 0 radical (unpaired) electrons. The maximum Gasteiger partial charge on any atom is 0.279 e. The predicted octanol–water partition coefficient (Wildman–Crippen LogP) is 1.05. The Morgan fingerprint density at radius 2 is 1.77 bits per heavy atom. The van der Waals surface area contributed by atoms with Crippen molar-refractivity contribution < 1.29 is 13.2 Å². The summed E-state index contributed by atoms with van der Waals surface area (Å²) in [6.07, 6.45) is 2.82. The van der Waals surface area contributed by atoms with Crippen LogP contribution in [0.5, 0.6) is 0 Å². The van der Waals surface area contributed by atoms with E-state index in [0.717, 1.165) is 45.6 Å². The normalized spacial score (nSPS) is 26.0. The van der Waals surface area contributed by atoms with Crippen molar-refractivity contribution >= 4 is 10.2 Å². The monoisotopic (exact) mass is 333 g/mol. The van der Waals surface area contributed by atoms with Gasteiger partial charge >= 0.3 is 0 Å². The van der Waals surface area contributed by atoms with Crippen LogP contribution in [0.15, 0.2) is 0 Å². The van der Waals surface area contributed by atoms with Crippen molar-refractivity contribution in [1.82, 2.24) is 13.9 Å². The standard InChI is InChI=1S/C15H31N3O3S/c1-4-15(3,17-9-11-21-12-10-17)13-16-22(19,20)18-7-5-14(2)6-8-18/h14,16H,4-13H2,1-3H3/t15-/m0/s1. The lowest BCUT2D eigenvalue weighted by Crippen LogP contribution is -2.58. The minimum absolute atomic E-state index is 0.153. The Hall–Kier alpha value is -0.210. The molecule has 0 aliphatic carbocycles. The molecule has 0 unspecified atom stereocenters. The first-order valence-corrected chi connectivity index (χ1v) is 9.89. The lowest BCUT2D eigenvalue weighted by atomic mass is 9.96. The van der Waals surface area contributed by atoms with E-state index in [1.165, 1.54) is 0 Å². The number of hydrogen-bond acceptors (Lipinski definition) is 4. The lowest BCUT2D eigenvalue weighted by Gasteiger charge is -2.43. The van der Waals surface area contributed by atoms with Gasteiger partial charge in [0.05, 0.1) is 13.2 Å². The molecule has 0 spiro atoms. The molecule has 0 aromatic carbocycles. The first kappa shape index (κ1) is 18.1. The Balaban J connectivity index is 1.93. The van der Waals surface area contributed by atoms with Crippen molar-refractivity contribution in [3.05, 3.63) is 0 Å². The average Bonchev–Trinajstić information content (AvgIpc) is 2.54. The maximum atomic E-state index is 12.5.